The summed E-state index contributed by atoms with van der Waals surface area (Å²) in [6.07, 6.45) is 6.29. The molecular weight excluding hydrogens is 266 g/mol. The van der Waals surface area contributed by atoms with E-state index in [1.54, 1.807) is 12.5 Å². The van der Waals surface area contributed by atoms with Crippen LogP contribution in [0.3, 0.4) is 0 Å². The standard InChI is InChI=1S/C13H14ClN3S/c1-2-8-17(12-5-3-11(14)4-6-12)13(18)16-9-7-15-10-16/h3-7,9-10H,2,8H2,1H3. The predicted molar refractivity (Wildman–Crippen MR) is 79.3 cm³/mol. The number of aromatic nitrogens is 2. The zero-order chi connectivity index (χ0) is 13.0. The first-order valence-electron chi connectivity index (χ1n) is 5.77. The van der Waals surface area contributed by atoms with Crippen molar-refractivity contribution in [3.63, 3.8) is 0 Å². The van der Waals surface area contributed by atoms with Crippen molar-refractivity contribution < 1.29 is 0 Å². The first-order chi connectivity index (χ1) is 8.72. The van der Waals surface area contributed by atoms with Crippen LogP contribution >= 0.6 is 23.8 Å². The van der Waals surface area contributed by atoms with E-state index < -0.39 is 0 Å². The summed E-state index contributed by atoms with van der Waals surface area (Å²) >= 11 is 11.4. The molecule has 0 radical (unpaired) electrons. The maximum atomic E-state index is 5.91. The summed E-state index contributed by atoms with van der Waals surface area (Å²) in [7, 11) is 0. The molecule has 1 aromatic heterocycles. The van der Waals surface area contributed by atoms with Gasteiger partial charge in [0.15, 0.2) is 5.11 Å². The predicted octanol–water partition coefficient (Wildman–Crippen LogP) is 3.59. The normalized spacial score (nSPS) is 10.3. The van der Waals surface area contributed by atoms with Gasteiger partial charge in [-0.3, -0.25) is 4.57 Å². The third-order valence-corrected chi connectivity index (χ3v) is 3.22. The maximum Gasteiger partial charge on any atom is 0.185 e. The maximum absolute atomic E-state index is 5.91. The Morgan fingerprint density at radius 2 is 2.11 bits per heavy atom. The van der Waals surface area contributed by atoms with E-state index in [2.05, 4.69) is 16.8 Å². The number of imidazole rings is 1. The van der Waals surface area contributed by atoms with Crippen molar-refractivity contribution in [1.29, 1.82) is 0 Å². The van der Waals surface area contributed by atoms with Crippen LogP contribution in [0.5, 0.6) is 0 Å². The Morgan fingerprint density at radius 3 is 2.67 bits per heavy atom. The van der Waals surface area contributed by atoms with Gasteiger partial charge in [-0.25, -0.2) is 4.98 Å². The van der Waals surface area contributed by atoms with E-state index in [9.17, 15) is 0 Å². The molecule has 0 fully saturated rings. The average Bonchev–Trinajstić information content (AvgIpc) is 2.90. The molecule has 0 atom stereocenters. The van der Waals surface area contributed by atoms with Gasteiger partial charge in [0.1, 0.15) is 6.33 Å². The number of halogens is 1. The highest BCUT2D eigenvalue weighted by atomic mass is 35.5. The molecule has 2 aromatic rings. The number of hydrogen-bond acceptors (Lipinski definition) is 2. The number of benzene rings is 1. The van der Waals surface area contributed by atoms with Crippen molar-refractivity contribution in [2.75, 3.05) is 11.4 Å². The molecule has 0 aliphatic rings. The SMILES string of the molecule is CCCN(C(=S)n1ccnc1)c1ccc(Cl)cc1. The van der Waals surface area contributed by atoms with Crippen LogP contribution in [0, 0.1) is 0 Å². The lowest BCUT2D eigenvalue weighted by molar-refractivity contribution is 0.888. The van der Waals surface area contributed by atoms with Gasteiger partial charge >= 0.3 is 0 Å². The summed E-state index contributed by atoms with van der Waals surface area (Å²) in [6.45, 7) is 2.98. The molecule has 1 heterocycles. The van der Waals surface area contributed by atoms with E-state index in [0.29, 0.717) is 0 Å². The van der Waals surface area contributed by atoms with Crippen LogP contribution in [0.4, 0.5) is 5.69 Å². The second-order valence-corrected chi connectivity index (χ2v) is 4.68. The zero-order valence-electron chi connectivity index (χ0n) is 10.1. The van der Waals surface area contributed by atoms with Crippen LogP contribution in [0.1, 0.15) is 13.3 Å². The highest BCUT2D eigenvalue weighted by Gasteiger charge is 2.12. The van der Waals surface area contributed by atoms with Gasteiger partial charge in [0.2, 0.25) is 0 Å². The van der Waals surface area contributed by atoms with Crippen LogP contribution in [0.25, 0.3) is 0 Å². The van der Waals surface area contributed by atoms with Gasteiger partial charge in [-0.2, -0.15) is 0 Å². The quantitative estimate of drug-likeness (QED) is 0.801. The van der Waals surface area contributed by atoms with Crippen LogP contribution in [0.15, 0.2) is 43.0 Å². The number of rotatable bonds is 3. The fraction of sp³-hybridized carbons (Fsp3) is 0.231. The average molecular weight is 280 g/mol. The van der Waals surface area contributed by atoms with Crippen molar-refractivity contribution >= 4 is 34.6 Å². The first kappa shape index (κ1) is 13.1. The Morgan fingerprint density at radius 1 is 1.39 bits per heavy atom. The topological polar surface area (TPSA) is 21.1 Å². The highest BCUT2D eigenvalue weighted by Crippen LogP contribution is 2.19. The minimum absolute atomic E-state index is 0.719. The molecule has 1 aromatic carbocycles. The molecule has 0 aliphatic heterocycles. The highest BCUT2D eigenvalue weighted by molar-refractivity contribution is 7.80. The molecule has 0 amide bonds. The molecule has 0 unspecified atom stereocenters. The lowest BCUT2D eigenvalue weighted by Crippen LogP contribution is -2.34. The summed E-state index contributed by atoms with van der Waals surface area (Å²) in [4.78, 5) is 6.10. The molecule has 3 nitrogen and oxygen atoms in total. The number of hydrogen-bond donors (Lipinski definition) is 0. The molecule has 0 N–H and O–H groups in total. The summed E-state index contributed by atoms with van der Waals surface area (Å²) in [5, 5.41) is 1.44. The summed E-state index contributed by atoms with van der Waals surface area (Å²) < 4.78 is 1.83. The molecule has 5 heteroatoms. The minimum Gasteiger partial charge on any atom is -0.318 e. The Bertz CT molecular complexity index is 508. The van der Waals surface area contributed by atoms with Crippen molar-refractivity contribution in [2.24, 2.45) is 0 Å². The first-order valence-corrected chi connectivity index (χ1v) is 6.56. The Kier molecular flexibility index (Phi) is 4.33. The smallest absolute Gasteiger partial charge is 0.185 e. The minimum atomic E-state index is 0.719. The number of thiocarbonyl (C=S) groups is 1. The molecule has 18 heavy (non-hydrogen) atoms. The number of nitrogens with zero attached hydrogens (tertiary/aromatic N) is 3. The van der Waals surface area contributed by atoms with E-state index in [0.717, 1.165) is 28.8 Å². The van der Waals surface area contributed by atoms with Crippen molar-refractivity contribution in [1.82, 2.24) is 9.55 Å². The van der Waals surface area contributed by atoms with Gasteiger partial charge in [0.05, 0.1) is 0 Å². The van der Waals surface area contributed by atoms with Gasteiger partial charge < -0.3 is 4.90 Å². The second-order valence-electron chi connectivity index (χ2n) is 3.88. The molecule has 2 rings (SSSR count). The monoisotopic (exact) mass is 279 g/mol. The lowest BCUT2D eigenvalue weighted by Gasteiger charge is -2.25. The number of anilines is 1. The van der Waals surface area contributed by atoms with E-state index in [4.69, 9.17) is 23.8 Å². The molecule has 0 bridgehead atoms. The largest absolute Gasteiger partial charge is 0.318 e. The van der Waals surface area contributed by atoms with Crippen LogP contribution < -0.4 is 4.90 Å². The van der Waals surface area contributed by atoms with Crippen LogP contribution in [-0.4, -0.2) is 21.2 Å². The molecule has 0 spiro atoms. The fourth-order valence-corrected chi connectivity index (χ4v) is 2.12. The van der Waals surface area contributed by atoms with Crippen molar-refractivity contribution in [2.45, 2.75) is 13.3 Å². The van der Waals surface area contributed by atoms with E-state index in [1.807, 2.05) is 35.0 Å². The zero-order valence-corrected chi connectivity index (χ0v) is 11.7. The summed E-state index contributed by atoms with van der Waals surface area (Å²) in [5.41, 5.74) is 1.04. The van der Waals surface area contributed by atoms with Crippen molar-refractivity contribution in [3.8, 4) is 0 Å². The third-order valence-electron chi connectivity index (χ3n) is 2.54. The Labute approximate surface area is 117 Å². The van der Waals surface area contributed by atoms with Gasteiger partial charge in [0.25, 0.3) is 0 Å². The van der Waals surface area contributed by atoms with E-state index in [1.165, 1.54) is 0 Å². The molecule has 0 saturated carbocycles. The van der Waals surface area contributed by atoms with Gasteiger partial charge in [-0.15, -0.1) is 0 Å². The van der Waals surface area contributed by atoms with E-state index in [-0.39, 0.29) is 0 Å². The van der Waals surface area contributed by atoms with E-state index >= 15 is 0 Å². The second kappa shape index (κ2) is 5.98. The Balaban J connectivity index is 2.28. The van der Waals surface area contributed by atoms with Gasteiger partial charge in [0, 0.05) is 29.6 Å². The molecule has 0 saturated heterocycles. The molecule has 0 aliphatic carbocycles. The fourth-order valence-electron chi connectivity index (χ4n) is 1.69. The molecule has 94 valence electrons. The van der Waals surface area contributed by atoms with Crippen molar-refractivity contribution in [3.05, 3.63) is 48.0 Å². The summed E-state index contributed by atoms with van der Waals surface area (Å²) in [6, 6.07) is 7.69. The van der Waals surface area contributed by atoms with Crippen LogP contribution in [0.2, 0.25) is 5.02 Å². The Hall–Kier alpha value is -1.39. The molecular formula is C13H14ClN3S. The van der Waals surface area contributed by atoms with Gasteiger partial charge in [-0.05, 0) is 42.9 Å². The lowest BCUT2D eigenvalue weighted by atomic mass is 10.3. The van der Waals surface area contributed by atoms with Gasteiger partial charge in [-0.1, -0.05) is 18.5 Å². The van der Waals surface area contributed by atoms with Crippen LogP contribution in [-0.2, 0) is 0 Å². The third kappa shape index (κ3) is 2.89. The summed E-state index contributed by atoms with van der Waals surface area (Å²) in [5.74, 6) is 0.